The van der Waals surface area contributed by atoms with Crippen molar-refractivity contribution < 1.29 is 14.7 Å². The first-order valence-electron chi connectivity index (χ1n) is 6.44. The number of carbonyl (C=O) groups is 2. The summed E-state index contributed by atoms with van der Waals surface area (Å²) in [6, 6.07) is 0. The second-order valence-corrected chi connectivity index (χ2v) is 4.31. The second-order valence-electron chi connectivity index (χ2n) is 4.31. The number of ketones is 1. The molecule has 0 radical (unpaired) electrons. The summed E-state index contributed by atoms with van der Waals surface area (Å²) in [5.74, 6) is -1.94. The van der Waals surface area contributed by atoms with E-state index in [-0.39, 0.29) is 36.0 Å². The van der Waals surface area contributed by atoms with E-state index < -0.39 is 11.8 Å². The normalized spacial score (nSPS) is 9.71. The van der Waals surface area contributed by atoms with Gasteiger partial charge >= 0.3 is 35.5 Å². The molecule has 0 fully saturated rings. The number of hydrogen-bond acceptors (Lipinski definition) is 2. The number of Topliss-reactive ketones (excluding diaryl/α,β-unsaturated/α-hetero) is 1. The molecule has 0 aliphatic rings. The summed E-state index contributed by atoms with van der Waals surface area (Å²) in [5.41, 5.74) is 0. The van der Waals surface area contributed by atoms with E-state index in [4.69, 9.17) is 5.11 Å². The van der Waals surface area contributed by atoms with Crippen LogP contribution in [0.15, 0.2) is 0 Å². The summed E-state index contributed by atoms with van der Waals surface area (Å²) in [6.45, 7) is 2.21. The Morgan fingerprint density at radius 2 is 1.24 bits per heavy atom. The van der Waals surface area contributed by atoms with Crippen LogP contribution in [0, 0.1) is 0 Å². The molecule has 0 atom stereocenters. The molecule has 96 valence electrons. The summed E-state index contributed by atoms with van der Waals surface area (Å²) in [7, 11) is 0. The van der Waals surface area contributed by atoms with Crippen molar-refractivity contribution in [1.29, 1.82) is 0 Å². The van der Waals surface area contributed by atoms with E-state index in [0.29, 0.717) is 0 Å². The number of carboxylic acids is 1. The Hall–Kier alpha value is 0.140. The van der Waals surface area contributed by atoms with Gasteiger partial charge in [0.05, 0.1) is 0 Å². The monoisotopic (exact) mass is 252 g/mol. The number of carboxylic acid groups (broad SMARTS) is 1. The Bertz CT molecular complexity index is 205. The van der Waals surface area contributed by atoms with E-state index in [2.05, 4.69) is 6.92 Å². The molecule has 0 rings (SSSR count). The summed E-state index contributed by atoms with van der Waals surface area (Å²) < 4.78 is 0. The van der Waals surface area contributed by atoms with Crippen LogP contribution in [0.25, 0.3) is 0 Å². The Morgan fingerprint density at radius 1 is 0.824 bits per heavy atom. The summed E-state index contributed by atoms with van der Waals surface area (Å²) in [4.78, 5) is 21.0. The van der Waals surface area contributed by atoms with E-state index in [1.165, 1.54) is 38.5 Å². The van der Waals surface area contributed by atoms with Gasteiger partial charge in [0.1, 0.15) is 0 Å². The molecule has 0 unspecified atom stereocenters. The molecule has 0 aromatic carbocycles. The molecule has 1 N–H and O–H groups in total. The molecular formula is C13H25NaO3. The SMILES string of the molecule is CCCCCCCCCCCC(=O)C(=O)O.[NaH]. The molecule has 0 aliphatic heterocycles. The first-order chi connectivity index (χ1) is 7.68. The molecule has 0 amide bonds. The van der Waals surface area contributed by atoms with Crippen LogP contribution >= 0.6 is 0 Å². The van der Waals surface area contributed by atoms with Crippen LogP contribution < -0.4 is 0 Å². The average Bonchev–Trinajstić information content (AvgIpc) is 2.26. The molecule has 0 aromatic rings. The van der Waals surface area contributed by atoms with Gasteiger partial charge < -0.3 is 5.11 Å². The van der Waals surface area contributed by atoms with Crippen LogP contribution in [0.3, 0.4) is 0 Å². The third kappa shape index (κ3) is 14.1. The number of rotatable bonds is 11. The average molecular weight is 252 g/mol. The molecular weight excluding hydrogens is 227 g/mol. The van der Waals surface area contributed by atoms with Gasteiger partial charge in [0, 0.05) is 6.42 Å². The molecule has 0 spiro atoms. The summed E-state index contributed by atoms with van der Waals surface area (Å²) in [5, 5.41) is 8.36. The summed E-state index contributed by atoms with van der Waals surface area (Å²) >= 11 is 0. The van der Waals surface area contributed by atoms with Crippen molar-refractivity contribution in [2.45, 2.75) is 71.1 Å². The molecule has 4 heteroatoms. The standard InChI is InChI=1S/C13H24O3.Na.H/c1-2-3-4-5-6-7-8-9-10-11-12(14)13(15)16;;/h2-11H2,1H3,(H,15,16);;. The van der Waals surface area contributed by atoms with E-state index in [0.717, 1.165) is 19.3 Å². The Labute approximate surface area is 127 Å². The van der Waals surface area contributed by atoms with E-state index >= 15 is 0 Å². The van der Waals surface area contributed by atoms with Gasteiger partial charge in [-0.25, -0.2) is 4.79 Å². The van der Waals surface area contributed by atoms with Gasteiger partial charge in [-0.2, -0.15) is 0 Å². The van der Waals surface area contributed by atoms with Gasteiger partial charge in [0.2, 0.25) is 5.78 Å². The van der Waals surface area contributed by atoms with Gasteiger partial charge in [-0.1, -0.05) is 58.3 Å². The molecule has 0 heterocycles. The Kier molecular flexibility index (Phi) is 16.3. The predicted molar refractivity (Wildman–Crippen MR) is 71.6 cm³/mol. The third-order valence-corrected chi connectivity index (χ3v) is 2.75. The van der Waals surface area contributed by atoms with E-state index in [1.807, 2.05) is 0 Å². The van der Waals surface area contributed by atoms with Crippen LogP contribution in [0.4, 0.5) is 0 Å². The van der Waals surface area contributed by atoms with Gasteiger partial charge in [-0.3, -0.25) is 4.79 Å². The fourth-order valence-electron chi connectivity index (χ4n) is 1.70. The van der Waals surface area contributed by atoms with Crippen molar-refractivity contribution in [2.75, 3.05) is 0 Å². The molecule has 0 bridgehead atoms. The second kappa shape index (κ2) is 14.2. The van der Waals surface area contributed by atoms with Crippen molar-refractivity contribution in [3.63, 3.8) is 0 Å². The van der Waals surface area contributed by atoms with Gasteiger partial charge in [0.25, 0.3) is 0 Å². The van der Waals surface area contributed by atoms with Crippen LogP contribution in [-0.2, 0) is 9.59 Å². The quantitative estimate of drug-likeness (QED) is 0.349. The topological polar surface area (TPSA) is 54.4 Å². The predicted octanol–water partition coefficient (Wildman–Crippen LogP) is 2.91. The zero-order chi connectivity index (χ0) is 12.2. The van der Waals surface area contributed by atoms with Crippen molar-refractivity contribution in [3.8, 4) is 0 Å². The van der Waals surface area contributed by atoms with Crippen molar-refractivity contribution in [1.82, 2.24) is 0 Å². The third-order valence-electron chi connectivity index (χ3n) is 2.75. The van der Waals surface area contributed by atoms with Crippen LogP contribution in [-0.4, -0.2) is 46.4 Å². The van der Waals surface area contributed by atoms with E-state index in [9.17, 15) is 9.59 Å². The Morgan fingerprint density at radius 3 is 1.65 bits per heavy atom. The van der Waals surface area contributed by atoms with Gasteiger partial charge in [-0.15, -0.1) is 0 Å². The first-order valence-corrected chi connectivity index (χ1v) is 6.44. The van der Waals surface area contributed by atoms with Gasteiger partial charge in [-0.05, 0) is 6.42 Å². The zero-order valence-electron chi connectivity index (χ0n) is 10.3. The molecule has 3 nitrogen and oxygen atoms in total. The van der Waals surface area contributed by atoms with Crippen molar-refractivity contribution >= 4 is 41.3 Å². The van der Waals surface area contributed by atoms with Crippen LogP contribution in [0.5, 0.6) is 0 Å². The van der Waals surface area contributed by atoms with Gasteiger partial charge in [0.15, 0.2) is 0 Å². The minimum absolute atomic E-state index is 0. The fourth-order valence-corrected chi connectivity index (χ4v) is 1.70. The maximum absolute atomic E-state index is 10.8. The molecule has 17 heavy (non-hydrogen) atoms. The molecule has 0 saturated carbocycles. The molecule has 0 aromatic heterocycles. The number of unbranched alkanes of at least 4 members (excludes halogenated alkanes) is 8. The summed E-state index contributed by atoms with van der Waals surface area (Å²) in [6.07, 6.45) is 10.7. The van der Waals surface area contributed by atoms with Crippen molar-refractivity contribution in [3.05, 3.63) is 0 Å². The number of aliphatic carboxylic acids is 1. The first kappa shape index (κ1) is 19.5. The molecule has 0 saturated heterocycles. The number of carbonyl (C=O) groups excluding carboxylic acids is 1. The van der Waals surface area contributed by atoms with Crippen LogP contribution in [0.1, 0.15) is 71.1 Å². The number of hydrogen-bond donors (Lipinski definition) is 1. The van der Waals surface area contributed by atoms with Crippen molar-refractivity contribution in [2.24, 2.45) is 0 Å². The fraction of sp³-hybridized carbons (Fsp3) is 0.846. The Balaban J connectivity index is 0. The van der Waals surface area contributed by atoms with Crippen LogP contribution in [0.2, 0.25) is 0 Å². The zero-order valence-corrected chi connectivity index (χ0v) is 10.3. The minimum atomic E-state index is -1.29. The van der Waals surface area contributed by atoms with E-state index in [1.54, 1.807) is 0 Å². The maximum atomic E-state index is 10.8. The molecule has 0 aliphatic carbocycles.